The van der Waals surface area contributed by atoms with Crippen molar-refractivity contribution in [2.24, 2.45) is 0 Å². The fourth-order valence-electron chi connectivity index (χ4n) is 1.69. The Morgan fingerprint density at radius 2 is 2.05 bits per heavy atom. The average molecular weight is 276 g/mol. The Morgan fingerprint density at radius 3 is 2.63 bits per heavy atom. The van der Waals surface area contributed by atoms with Crippen molar-refractivity contribution in [2.45, 2.75) is 13.8 Å². The van der Waals surface area contributed by atoms with E-state index in [4.69, 9.17) is 10.5 Å². The van der Waals surface area contributed by atoms with Crippen LogP contribution < -0.4 is 15.8 Å². The smallest absolute Gasteiger partial charge is 0.265 e. The zero-order valence-electron chi connectivity index (χ0n) is 11.1. The summed E-state index contributed by atoms with van der Waals surface area (Å²) in [7, 11) is 1.56. The van der Waals surface area contributed by atoms with Gasteiger partial charge >= 0.3 is 0 Å². The summed E-state index contributed by atoms with van der Waals surface area (Å²) in [6, 6.07) is 7.03. The van der Waals surface area contributed by atoms with Crippen molar-refractivity contribution < 1.29 is 9.53 Å². The topological polar surface area (TPSA) is 64.3 Å². The van der Waals surface area contributed by atoms with Gasteiger partial charge in [-0.15, -0.1) is 11.3 Å². The van der Waals surface area contributed by atoms with E-state index < -0.39 is 0 Å². The lowest BCUT2D eigenvalue weighted by Gasteiger charge is -2.10. The van der Waals surface area contributed by atoms with Crippen molar-refractivity contribution in [3.05, 3.63) is 39.6 Å². The van der Waals surface area contributed by atoms with Gasteiger partial charge in [0.05, 0.1) is 17.7 Å². The highest BCUT2D eigenvalue weighted by molar-refractivity contribution is 7.14. The summed E-state index contributed by atoms with van der Waals surface area (Å²) in [5, 5.41) is 2.83. The first-order valence-corrected chi connectivity index (χ1v) is 6.65. The van der Waals surface area contributed by atoms with Crippen LogP contribution in [0.3, 0.4) is 0 Å². The number of rotatable bonds is 3. The molecule has 5 heteroatoms. The molecule has 1 heterocycles. The van der Waals surface area contributed by atoms with Crippen LogP contribution in [0.4, 0.5) is 11.4 Å². The standard InChI is InChI=1S/C14H16N2O2S/c1-8-6-13(19-9(8)2)14(17)16-11-7-10(15)4-5-12(11)18-3/h4-7H,15H2,1-3H3,(H,16,17). The van der Waals surface area contributed by atoms with Gasteiger partial charge in [0.15, 0.2) is 0 Å². The van der Waals surface area contributed by atoms with Crippen molar-refractivity contribution in [1.29, 1.82) is 0 Å². The molecule has 0 aliphatic heterocycles. The van der Waals surface area contributed by atoms with Crippen LogP contribution >= 0.6 is 11.3 Å². The van der Waals surface area contributed by atoms with E-state index in [9.17, 15) is 4.79 Å². The summed E-state index contributed by atoms with van der Waals surface area (Å²) in [6.45, 7) is 3.99. The molecule has 0 aliphatic carbocycles. The summed E-state index contributed by atoms with van der Waals surface area (Å²) >= 11 is 1.48. The number of hydrogen-bond donors (Lipinski definition) is 2. The van der Waals surface area contributed by atoms with E-state index in [0.29, 0.717) is 22.0 Å². The molecule has 4 nitrogen and oxygen atoms in total. The lowest BCUT2D eigenvalue weighted by atomic mass is 10.2. The molecule has 0 atom stereocenters. The summed E-state index contributed by atoms with van der Waals surface area (Å²) in [4.78, 5) is 14.0. The Balaban J connectivity index is 2.25. The third-order valence-corrected chi connectivity index (χ3v) is 4.01. The van der Waals surface area contributed by atoms with Gasteiger partial charge in [0.2, 0.25) is 0 Å². The molecule has 2 aromatic rings. The van der Waals surface area contributed by atoms with Crippen LogP contribution in [0.1, 0.15) is 20.1 Å². The Morgan fingerprint density at radius 1 is 1.32 bits per heavy atom. The minimum Gasteiger partial charge on any atom is -0.495 e. The zero-order chi connectivity index (χ0) is 14.0. The largest absolute Gasteiger partial charge is 0.495 e. The van der Waals surface area contributed by atoms with Gasteiger partial charge in [0.25, 0.3) is 5.91 Å². The van der Waals surface area contributed by atoms with Crippen LogP contribution in [0.2, 0.25) is 0 Å². The maximum Gasteiger partial charge on any atom is 0.265 e. The summed E-state index contributed by atoms with van der Waals surface area (Å²) in [5.41, 5.74) is 8.00. The minimum atomic E-state index is -0.148. The summed E-state index contributed by atoms with van der Waals surface area (Å²) < 4.78 is 5.20. The third kappa shape index (κ3) is 2.88. The first-order chi connectivity index (χ1) is 9.01. The number of carbonyl (C=O) groups excluding carboxylic acids is 1. The van der Waals surface area contributed by atoms with Crippen molar-refractivity contribution >= 4 is 28.6 Å². The highest BCUT2D eigenvalue weighted by Crippen LogP contribution is 2.28. The number of aryl methyl sites for hydroxylation is 2. The number of thiophene rings is 1. The van der Waals surface area contributed by atoms with Gasteiger partial charge in [0, 0.05) is 10.6 Å². The van der Waals surface area contributed by atoms with Gasteiger partial charge in [-0.25, -0.2) is 0 Å². The lowest BCUT2D eigenvalue weighted by molar-refractivity contribution is 0.103. The number of benzene rings is 1. The molecular formula is C14H16N2O2S. The SMILES string of the molecule is COc1ccc(N)cc1NC(=O)c1cc(C)c(C)s1. The molecule has 1 aromatic carbocycles. The Hall–Kier alpha value is -2.01. The second-order valence-corrected chi connectivity index (χ2v) is 5.52. The van der Waals surface area contributed by atoms with Crippen molar-refractivity contribution in [3.63, 3.8) is 0 Å². The van der Waals surface area contributed by atoms with Crippen LogP contribution in [0.25, 0.3) is 0 Å². The number of anilines is 2. The summed E-state index contributed by atoms with van der Waals surface area (Å²) in [6.07, 6.45) is 0. The number of nitrogens with two attached hydrogens (primary N) is 1. The Bertz CT molecular complexity index is 600. The van der Waals surface area contributed by atoms with E-state index in [1.54, 1.807) is 25.3 Å². The van der Waals surface area contributed by atoms with Gasteiger partial charge in [0.1, 0.15) is 5.75 Å². The van der Waals surface area contributed by atoms with Crippen LogP contribution in [0.15, 0.2) is 24.3 Å². The molecule has 0 unspecified atom stereocenters. The second kappa shape index (κ2) is 5.32. The Kier molecular flexibility index (Phi) is 3.76. The molecule has 0 saturated heterocycles. The number of carbonyl (C=O) groups is 1. The number of hydrogen-bond acceptors (Lipinski definition) is 4. The van der Waals surface area contributed by atoms with Crippen molar-refractivity contribution in [3.8, 4) is 5.75 Å². The van der Waals surface area contributed by atoms with Crippen LogP contribution in [-0.2, 0) is 0 Å². The van der Waals surface area contributed by atoms with E-state index in [0.717, 1.165) is 10.4 Å². The van der Waals surface area contributed by atoms with E-state index in [-0.39, 0.29) is 5.91 Å². The first kappa shape index (κ1) is 13.4. The molecule has 0 fully saturated rings. The van der Waals surface area contributed by atoms with Gasteiger partial charge in [-0.3, -0.25) is 4.79 Å². The summed E-state index contributed by atoms with van der Waals surface area (Å²) in [5.74, 6) is 0.442. The van der Waals surface area contributed by atoms with Gasteiger partial charge in [-0.2, -0.15) is 0 Å². The number of methoxy groups -OCH3 is 1. The fraction of sp³-hybridized carbons (Fsp3) is 0.214. The van der Waals surface area contributed by atoms with Gasteiger partial charge in [-0.05, 0) is 43.7 Å². The van der Waals surface area contributed by atoms with Crippen molar-refractivity contribution in [2.75, 3.05) is 18.2 Å². The molecular weight excluding hydrogens is 260 g/mol. The molecule has 0 aliphatic rings. The van der Waals surface area contributed by atoms with Crippen LogP contribution in [-0.4, -0.2) is 13.0 Å². The molecule has 1 amide bonds. The average Bonchev–Trinajstić information content (AvgIpc) is 2.70. The predicted molar refractivity (Wildman–Crippen MR) is 79.2 cm³/mol. The van der Waals surface area contributed by atoms with Gasteiger partial charge < -0.3 is 15.8 Å². The first-order valence-electron chi connectivity index (χ1n) is 5.83. The third-order valence-electron chi connectivity index (χ3n) is 2.86. The highest BCUT2D eigenvalue weighted by Gasteiger charge is 2.13. The number of amides is 1. The molecule has 0 saturated carbocycles. The van der Waals surface area contributed by atoms with Crippen molar-refractivity contribution in [1.82, 2.24) is 0 Å². The number of nitrogen functional groups attached to an aromatic ring is 1. The zero-order valence-corrected chi connectivity index (χ0v) is 11.9. The number of ether oxygens (including phenoxy) is 1. The maximum atomic E-state index is 12.2. The molecule has 0 bridgehead atoms. The minimum absolute atomic E-state index is 0.148. The van der Waals surface area contributed by atoms with E-state index in [2.05, 4.69) is 5.32 Å². The second-order valence-electron chi connectivity index (χ2n) is 4.26. The molecule has 0 radical (unpaired) electrons. The van der Waals surface area contributed by atoms with Crippen LogP contribution in [0, 0.1) is 13.8 Å². The van der Waals surface area contributed by atoms with E-state index in [1.165, 1.54) is 11.3 Å². The lowest BCUT2D eigenvalue weighted by Crippen LogP contribution is -2.11. The van der Waals surface area contributed by atoms with Crippen LogP contribution in [0.5, 0.6) is 5.75 Å². The predicted octanol–water partition coefficient (Wildman–Crippen LogP) is 3.21. The normalized spacial score (nSPS) is 10.3. The van der Waals surface area contributed by atoms with Gasteiger partial charge in [-0.1, -0.05) is 0 Å². The monoisotopic (exact) mass is 276 g/mol. The maximum absolute atomic E-state index is 12.2. The molecule has 0 spiro atoms. The molecule has 2 rings (SSSR count). The molecule has 19 heavy (non-hydrogen) atoms. The van der Waals surface area contributed by atoms with E-state index in [1.807, 2.05) is 19.9 Å². The van der Waals surface area contributed by atoms with E-state index >= 15 is 0 Å². The molecule has 1 aromatic heterocycles. The quantitative estimate of drug-likeness (QED) is 0.846. The number of nitrogens with one attached hydrogen (secondary N) is 1. The molecule has 100 valence electrons. The highest BCUT2D eigenvalue weighted by atomic mass is 32.1. The molecule has 3 N–H and O–H groups in total. The fourth-order valence-corrected chi connectivity index (χ4v) is 2.62. The Labute approximate surface area is 116 Å².